The smallest absolute Gasteiger partial charge is 0.131 e. The van der Waals surface area contributed by atoms with Gasteiger partial charge in [0.05, 0.1) is 0 Å². The number of benzene rings is 4. The topological polar surface area (TPSA) is 40.5 Å². The number of hydrogen-bond acceptors (Lipinski definition) is 2. The highest BCUT2D eigenvalue weighted by Crippen LogP contribution is 2.42. The van der Waals surface area contributed by atoms with Crippen molar-refractivity contribution in [3.05, 3.63) is 72.8 Å². The van der Waals surface area contributed by atoms with Crippen LogP contribution in [-0.4, -0.2) is 10.2 Å². The van der Waals surface area contributed by atoms with Gasteiger partial charge in [0, 0.05) is 16.3 Å². The Labute approximate surface area is 127 Å². The zero-order valence-corrected chi connectivity index (χ0v) is 11.8. The Balaban J connectivity index is 2.11. The lowest BCUT2D eigenvalue weighted by molar-refractivity contribution is 0.471. The van der Waals surface area contributed by atoms with E-state index in [1.807, 2.05) is 60.7 Å². The number of fused-ring (bicyclic) bond motifs is 2. The molecule has 0 heterocycles. The monoisotopic (exact) mass is 286 g/mol. The SMILES string of the molecule is Oc1cc(-c2cccc3ccccc23)c(O)c2ccccc12. The van der Waals surface area contributed by atoms with Crippen LogP contribution in [0, 0.1) is 0 Å². The molecule has 4 aromatic carbocycles. The van der Waals surface area contributed by atoms with Gasteiger partial charge >= 0.3 is 0 Å². The van der Waals surface area contributed by atoms with Gasteiger partial charge in [-0.3, -0.25) is 0 Å². The summed E-state index contributed by atoms with van der Waals surface area (Å²) in [6.07, 6.45) is 0. The third kappa shape index (κ3) is 1.81. The molecule has 0 bridgehead atoms. The van der Waals surface area contributed by atoms with Crippen molar-refractivity contribution in [1.82, 2.24) is 0 Å². The Morgan fingerprint density at radius 1 is 0.545 bits per heavy atom. The number of phenols is 2. The van der Waals surface area contributed by atoms with E-state index in [4.69, 9.17) is 0 Å². The first-order valence-corrected chi connectivity index (χ1v) is 7.17. The Morgan fingerprint density at radius 3 is 2.00 bits per heavy atom. The van der Waals surface area contributed by atoms with Crippen LogP contribution in [0.1, 0.15) is 0 Å². The summed E-state index contributed by atoms with van der Waals surface area (Å²) < 4.78 is 0. The van der Waals surface area contributed by atoms with Crippen LogP contribution in [0.15, 0.2) is 72.8 Å². The highest BCUT2D eigenvalue weighted by atomic mass is 16.3. The Bertz CT molecular complexity index is 998. The maximum Gasteiger partial charge on any atom is 0.131 e. The normalized spacial score (nSPS) is 11.1. The number of phenolic OH excluding ortho intramolecular Hbond substituents is 2. The molecule has 0 amide bonds. The molecule has 0 aliphatic heterocycles. The minimum absolute atomic E-state index is 0.177. The van der Waals surface area contributed by atoms with Crippen LogP contribution in [-0.2, 0) is 0 Å². The standard InChI is InChI=1S/C20H14O2/c21-19-12-18(20(22)17-10-4-3-9-16(17)19)15-11-5-7-13-6-1-2-8-14(13)15/h1-12,21-22H. The van der Waals surface area contributed by atoms with Gasteiger partial charge in [-0.25, -0.2) is 0 Å². The summed E-state index contributed by atoms with van der Waals surface area (Å²) in [5.74, 6) is 0.376. The second kappa shape index (κ2) is 4.78. The van der Waals surface area contributed by atoms with Gasteiger partial charge in [0.2, 0.25) is 0 Å². The van der Waals surface area contributed by atoms with Gasteiger partial charge in [0.25, 0.3) is 0 Å². The van der Waals surface area contributed by atoms with E-state index in [2.05, 4.69) is 0 Å². The second-order valence-corrected chi connectivity index (χ2v) is 5.36. The van der Waals surface area contributed by atoms with Crippen molar-refractivity contribution >= 4 is 21.5 Å². The molecule has 0 saturated heterocycles. The lowest BCUT2D eigenvalue weighted by atomic mass is 9.94. The first-order valence-electron chi connectivity index (χ1n) is 7.17. The molecule has 2 nitrogen and oxygen atoms in total. The third-order valence-electron chi connectivity index (χ3n) is 4.07. The minimum Gasteiger partial charge on any atom is -0.507 e. The van der Waals surface area contributed by atoms with Crippen molar-refractivity contribution in [3.63, 3.8) is 0 Å². The maximum atomic E-state index is 10.7. The second-order valence-electron chi connectivity index (χ2n) is 5.36. The molecular formula is C20H14O2. The van der Waals surface area contributed by atoms with Gasteiger partial charge in [-0.05, 0) is 22.4 Å². The summed E-state index contributed by atoms with van der Waals surface area (Å²) in [5.41, 5.74) is 1.56. The van der Waals surface area contributed by atoms with E-state index in [0.717, 1.165) is 16.3 Å². The van der Waals surface area contributed by atoms with Gasteiger partial charge < -0.3 is 10.2 Å². The fraction of sp³-hybridized carbons (Fsp3) is 0. The Kier molecular flexibility index (Phi) is 2.76. The molecule has 2 N–H and O–H groups in total. The molecule has 4 rings (SSSR count). The van der Waals surface area contributed by atoms with Crippen LogP contribution < -0.4 is 0 Å². The van der Waals surface area contributed by atoms with Crippen molar-refractivity contribution in [3.8, 4) is 22.6 Å². The number of hydrogen-bond donors (Lipinski definition) is 2. The molecule has 0 saturated carbocycles. The van der Waals surface area contributed by atoms with Gasteiger partial charge in [-0.15, -0.1) is 0 Å². The van der Waals surface area contributed by atoms with Crippen LogP contribution >= 0.6 is 0 Å². The van der Waals surface area contributed by atoms with Crippen LogP contribution in [0.5, 0.6) is 11.5 Å². The summed E-state index contributed by atoms with van der Waals surface area (Å²) >= 11 is 0. The highest BCUT2D eigenvalue weighted by Gasteiger charge is 2.14. The van der Waals surface area contributed by atoms with Gasteiger partial charge in [-0.1, -0.05) is 66.7 Å². The third-order valence-corrected chi connectivity index (χ3v) is 4.07. The average Bonchev–Trinajstić information content (AvgIpc) is 2.58. The lowest BCUT2D eigenvalue weighted by Gasteiger charge is -2.12. The van der Waals surface area contributed by atoms with Crippen molar-refractivity contribution in [2.24, 2.45) is 0 Å². The number of aromatic hydroxyl groups is 2. The summed E-state index contributed by atoms with van der Waals surface area (Å²) in [5, 5.41) is 24.4. The van der Waals surface area contributed by atoms with E-state index < -0.39 is 0 Å². The molecule has 0 aliphatic carbocycles. The lowest BCUT2D eigenvalue weighted by Crippen LogP contribution is -1.85. The Hall–Kier alpha value is -3.00. The molecule has 0 spiro atoms. The van der Waals surface area contributed by atoms with E-state index in [1.54, 1.807) is 12.1 Å². The molecule has 0 aliphatic rings. The molecule has 0 fully saturated rings. The fourth-order valence-electron chi connectivity index (χ4n) is 3.01. The molecular weight excluding hydrogens is 272 g/mol. The highest BCUT2D eigenvalue weighted by molar-refractivity contribution is 6.04. The largest absolute Gasteiger partial charge is 0.507 e. The van der Waals surface area contributed by atoms with E-state index in [9.17, 15) is 10.2 Å². The van der Waals surface area contributed by atoms with Crippen LogP contribution in [0.3, 0.4) is 0 Å². The Morgan fingerprint density at radius 2 is 1.18 bits per heavy atom. The maximum absolute atomic E-state index is 10.7. The van der Waals surface area contributed by atoms with Crippen molar-refractivity contribution < 1.29 is 10.2 Å². The number of rotatable bonds is 1. The summed E-state index contributed by atoms with van der Waals surface area (Å²) in [4.78, 5) is 0. The van der Waals surface area contributed by atoms with Crippen molar-refractivity contribution in [1.29, 1.82) is 0 Å². The predicted octanol–water partition coefficient (Wildman–Crippen LogP) is 5.07. The molecule has 0 radical (unpaired) electrons. The van der Waals surface area contributed by atoms with Gasteiger partial charge in [0.15, 0.2) is 0 Å². The van der Waals surface area contributed by atoms with Crippen LogP contribution in [0.4, 0.5) is 0 Å². The molecule has 0 aromatic heterocycles. The van der Waals surface area contributed by atoms with Gasteiger partial charge in [-0.2, -0.15) is 0 Å². The first-order chi connectivity index (χ1) is 10.8. The minimum atomic E-state index is 0.177. The molecule has 106 valence electrons. The zero-order chi connectivity index (χ0) is 15.1. The van der Waals surface area contributed by atoms with Crippen LogP contribution in [0.25, 0.3) is 32.7 Å². The molecule has 0 unspecified atom stereocenters. The molecule has 0 atom stereocenters. The van der Waals surface area contributed by atoms with E-state index in [0.29, 0.717) is 16.3 Å². The molecule has 4 aromatic rings. The van der Waals surface area contributed by atoms with E-state index >= 15 is 0 Å². The zero-order valence-electron chi connectivity index (χ0n) is 11.8. The average molecular weight is 286 g/mol. The van der Waals surface area contributed by atoms with Crippen LogP contribution in [0.2, 0.25) is 0 Å². The quantitative estimate of drug-likeness (QED) is 0.479. The first kappa shape index (κ1) is 12.7. The van der Waals surface area contributed by atoms with Crippen molar-refractivity contribution in [2.75, 3.05) is 0 Å². The van der Waals surface area contributed by atoms with E-state index in [1.165, 1.54) is 0 Å². The fourth-order valence-corrected chi connectivity index (χ4v) is 3.01. The molecule has 22 heavy (non-hydrogen) atoms. The molecule has 2 heteroatoms. The van der Waals surface area contributed by atoms with Gasteiger partial charge in [0.1, 0.15) is 11.5 Å². The summed E-state index contributed by atoms with van der Waals surface area (Å²) in [6, 6.07) is 23.0. The predicted molar refractivity (Wildman–Crippen MR) is 90.2 cm³/mol. The van der Waals surface area contributed by atoms with E-state index in [-0.39, 0.29) is 11.5 Å². The van der Waals surface area contributed by atoms with Crippen molar-refractivity contribution in [2.45, 2.75) is 0 Å². The summed E-state index contributed by atoms with van der Waals surface area (Å²) in [7, 11) is 0. The summed E-state index contributed by atoms with van der Waals surface area (Å²) in [6.45, 7) is 0.